The normalized spacial score (nSPS) is 14.5. The Labute approximate surface area is 238 Å². The van der Waals surface area contributed by atoms with E-state index in [1.54, 1.807) is 30.5 Å². The van der Waals surface area contributed by atoms with Gasteiger partial charge in [0.25, 0.3) is 0 Å². The number of alkyl halides is 3. The molecule has 2 aromatic heterocycles. The number of likely N-dealkylation sites (N-methyl/N-ethyl adjacent to an activating group) is 1. The number of carbonyl (C=O) groups is 1. The molecule has 4 aromatic rings. The highest BCUT2D eigenvalue weighted by molar-refractivity contribution is 7.18. The van der Waals surface area contributed by atoms with Gasteiger partial charge < -0.3 is 21.3 Å². The number of pyridine rings is 1. The van der Waals surface area contributed by atoms with Crippen molar-refractivity contribution in [2.45, 2.75) is 6.18 Å². The number of hydrogen-bond donors (Lipinski definition) is 3. The lowest BCUT2D eigenvalue weighted by Crippen LogP contribution is -2.44. The molecule has 0 saturated carbocycles. The number of urea groups is 1. The standard InChI is InChI=1S/C29H26F4N6OS/c1-38-11-13-39(14-12-38)10-2-3-19-16-35-27(34)25-22(17-41-26(19)25)18-4-7-21(8-5-18)36-28(40)37-24-15-20(29(31,32)33)6-9-23(24)30/h4-9,15-17H,10-14H2,1H3,(H2,34,35)(H2,36,37,40). The fraction of sp³-hybridized carbons (Fsp3) is 0.241. The molecular weight excluding hydrogens is 556 g/mol. The van der Waals surface area contributed by atoms with E-state index >= 15 is 0 Å². The first-order valence-electron chi connectivity index (χ1n) is 12.7. The predicted octanol–water partition coefficient (Wildman–Crippen LogP) is 5.95. The van der Waals surface area contributed by atoms with Gasteiger partial charge in [-0.15, -0.1) is 11.3 Å². The second kappa shape index (κ2) is 11.7. The molecule has 3 heterocycles. The number of nitrogens with zero attached hydrogens (tertiary/aromatic N) is 3. The molecule has 0 spiro atoms. The van der Waals surface area contributed by atoms with Crippen LogP contribution in [0, 0.1) is 17.7 Å². The minimum atomic E-state index is -4.67. The Morgan fingerprint density at radius 1 is 1.10 bits per heavy atom. The second-order valence-electron chi connectivity index (χ2n) is 9.64. The third-order valence-corrected chi connectivity index (χ3v) is 7.76. The van der Waals surface area contributed by atoms with Gasteiger partial charge in [0.05, 0.1) is 28.1 Å². The number of nitrogen functional groups attached to an aromatic ring is 1. The zero-order valence-corrected chi connectivity index (χ0v) is 22.8. The molecule has 5 rings (SSSR count). The molecule has 212 valence electrons. The summed E-state index contributed by atoms with van der Waals surface area (Å²) in [5.74, 6) is 5.91. The van der Waals surface area contributed by atoms with Gasteiger partial charge in [0.2, 0.25) is 0 Å². The van der Waals surface area contributed by atoms with Crippen molar-refractivity contribution in [1.82, 2.24) is 14.8 Å². The van der Waals surface area contributed by atoms with Crippen molar-refractivity contribution in [2.24, 2.45) is 0 Å². The van der Waals surface area contributed by atoms with Crippen molar-refractivity contribution in [3.05, 3.63) is 71.0 Å². The number of amides is 2. The van der Waals surface area contributed by atoms with Crippen molar-refractivity contribution in [1.29, 1.82) is 0 Å². The Hall–Kier alpha value is -4.18. The average molecular weight is 583 g/mol. The van der Waals surface area contributed by atoms with Gasteiger partial charge in [0.15, 0.2) is 0 Å². The minimum Gasteiger partial charge on any atom is -0.383 e. The molecule has 4 N–H and O–H groups in total. The number of thiophene rings is 1. The molecule has 1 aliphatic rings. The van der Waals surface area contributed by atoms with E-state index in [1.807, 2.05) is 5.38 Å². The van der Waals surface area contributed by atoms with Crippen molar-refractivity contribution in [3.63, 3.8) is 0 Å². The molecule has 0 radical (unpaired) electrons. The van der Waals surface area contributed by atoms with E-state index in [0.29, 0.717) is 36.2 Å². The maximum absolute atomic E-state index is 14.0. The molecule has 1 aliphatic heterocycles. The summed E-state index contributed by atoms with van der Waals surface area (Å²) in [5, 5.41) is 7.39. The SMILES string of the molecule is CN1CCN(CC#Cc2cnc(N)c3c(-c4ccc(NC(=O)Nc5cc(C(F)(F)F)ccc5F)cc4)csc23)CC1. The summed E-state index contributed by atoms with van der Waals surface area (Å²) in [4.78, 5) is 21.3. The summed E-state index contributed by atoms with van der Waals surface area (Å²) in [6.07, 6.45) is -2.98. The summed E-state index contributed by atoms with van der Waals surface area (Å²) in [7, 11) is 2.11. The maximum Gasteiger partial charge on any atom is 0.416 e. The number of nitrogens with one attached hydrogen (secondary N) is 2. The van der Waals surface area contributed by atoms with Gasteiger partial charge in [-0.3, -0.25) is 4.90 Å². The molecule has 0 bridgehead atoms. The number of carbonyl (C=O) groups excluding carboxylic acids is 1. The number of aromatic nitrogens is 1. The first-order chi connectivity index (χ1) is 19.6. The van der Waals surface area contributed by atoms with E-state index in [0.717, 1.165) is 53.0 Å². The molecule has 2 aromatic carbocycles. The summed E-state index contributed by atoms with van der Waals surface area (Å²) in [6.45, 7) is 4.70. The van der Waals surface area contributed by atoms with E-state index in [9.17, 15) is 22.4 Å². The minimum absolute atomic E-state index is 0.361. The van der Waals surface area contributed by atoms with Gasteiger partial charge >= 0.3 is 12.2 Å². The van der Waals surface area contributed by atoms with Gasteiger partial charge in [-0.2, -0.15) is 13.2 Å². The van der Waals surface area contributed by atoms with E-state index in [2.05, 4.69) is 44.3 Å². The Morgan fingerprint density at radius 3 is 2.54 bits per heavy atom. The van der Waals surface area contributed by atoms with Gasteiger partial charge in [0, 0.05) is 49.0 Å². The van der Waals surface area contributed by atoms with Crippen molar-refractivity contribution < 1.29 is 22.4 Å². The molecule has 0 aliphatic carbocycles. The zero-order chi connectivity index (χ0) is 29.1. The molecule has 2 amide bonds. The molecular formula is C29H26F4N6OS. The number of benzene rings is 2. The van der Waals surface area contributed by atoms with Crippen LogP contribution in [0.4, 0.5) is 39.5 Å². The van der Waals surface area contributed by atoms with Crippen molar-refractivity contribution in [3.8, 4) is 23.0 Å². The van der Waals surface area contributed by atoms with Crippen LogP contribution >= 0.6 is 11.3 Å². The fourth-order valence-electron chi connectivity index (χ4n) is 4.44. The number of rotatable bonds is 4. The van der Waals surface area contributed by atoms with Crippen LogP contribution in [-0.4, -0.2) is 60.6 Å². The molecule has 1 saturated heterocycles. The smallest absolute Gasteiger partial charge is 0.383 e. The Bertz CT molecular complexity index is 1630. The van der Waals surface area contributed by atoms with Crippen molar-refractivity contribution >= 4 is 44.6 Å². The fourth-order valence-corrected chi connectivity index (χ4v) is 5.49. The number of halogens is 4. The second-order valence-corrected chi connectivity index (χ2v) is 10.5. The molecule has 1 fully saturated rings. The van der Waals surface area contributed by atoms with Gasteiger partial charge in [-0.25, -0.2) is 14.2 Å². The highest BCUT2D eigenvalue weighted by Crippen LogP contribution is 2.38. The van der Waals surface area contributed by atoms with Crippen LogP contribution in [0.5, 0.6) is 0 Å². The summed E-state index contributed by atoms with van der Waals surface area (Å²) in [6, 6.07) is 7.73. The monoisotopic (exact) mass is 582 g/mol. The molecule has 0 atom stereocenters. The zero-order valence-electron chi connectivity index (χ0n) is 22.0. The number of nitrogens with two attached hydrogens (primary N) is 1. The number of piperazine rings is 1. The quantitative estimate of drug-likeness (QED) is 0.205. The third kappa shape index (κ3) is 6.59. The van der Waals surface area contributed by atoms with Crippen LogP contribution in [0.2, 0.25) is 0 Å². The highest BCUT2D eigenvalue weighted by Gasteiger charge is 2.31. The first-order valence-corrected chi connectivity index (χ1v) is 13.6. The lowest BCUT2D eigenvalue weighted by molar-refractivity contribution is -0.137. The van der Waals surface area contributed by atoms with Gasteiger partial charge in [-0.05, 0) is 48.3 Å². The van der Waals surface area contributed by atoms with Crippen LogP contribution in [0.25, 0.3) is 21.2 Å². The Kier molecular flexibility index (Phi) is 8.12. The number of anilines is 3. The average Bonchev–Trinajstić information content (AvgIpc) is 3.38. The van der Waals surface area contributed by atoms with E-state index in [4.69, 9.17) is 5.73 Å². The van der Waals surface area contributed by atoms with Crippen LogP contribution < -0.4 is 16.4 Å². The summed E-state index contributed by atoms with van der Waals surface area (Å²) >= 11 is 1.52. The number of fused-ring (bicyclic) bond motifs is 1. The lowest BCUT2D eigenvalue weighted by Gasteiger charge is -2.30. The summed E-state index contributed by atoms with van der Waals surface area (Å²) in [5.41, 5.74) is 7.45. The van der Waals surface area contributed by atoms with Crippen LogP contribution in [-0.2, 0) is 6.18 Å². The van der Waals surface area contributed by atoms with Gasteiger partial charge in [-0.1, -0.05) is 24.0 Å². The maximum atomic E-state index is 14.0. The topological polar surface area (TPSA) is 86.5 Å². The van der Waals surface area contributed by atoms with Crippen molar-refractivity contribution in [2.75, 3.05) is 56.1 Å². The first kappa shape index (κ1) is 28.4. The lowest BCUT2D eigenvalue weighted by atomic mass is 10.0. The van der Waals surface area contributed by atoms with Crippen LogP contribution in [0.3, 0.4) is 0 Å². The molecule has 7 nitrogen and oxygen atoms in total. The molecule has 41 heavy (non-hydrogen) atoms. The third-order valence-electron chi connectivity index (χ3n) is 6.74. The number of hydrogen-bond acceptors (Lipinski definition) is 6. The predicted molar refractivity (Wildman–Crippen MR) is 154 cm³/mol. The largest absolute Gasteiger partial charge is 0.416 e. The molecule has 12 heteroatoms. The van der Waals surface area contributed by atoms with Crippen LogP contribution in [0.1, 0.15) is 11.1 Å². The van der Waals surface area contributed by atoms with E-state index in [-0.39, 0.29) is 0 Å². The van der Waals surface area contributed by atoms with E-state index in [1.165, 1.54) is 11.3 Å². The highest BCUT2D eigenvalue weighted by atomic mass is 32.1. The summed E-state index contributed by atoms with van der Waals surface area (Å²) < 4.78 is 53.8. The van der Waals surface area contributed by atoms with Gasteiger partial charge in [0.1, 0.15) is 11.6 Å². The van der Waals surface area contributed by atoms with Crippen LogP contribution in [0.15, 0.2) is 54.0 Å². The Morgan fingerprint density at radius 2 is 1.83 bits per heavy atom. The Balaban J connectivity index is 1.29. The van der Waals surface area contributed by atoms with E-state index < -0.39 is 29.3 Å². The molecule has 0 unspecified atom stereocenters.